The van der Waals surface area contributed by atoms with Gasteiger partial charge in [0.2, 0.25) is 5.82 Å². The Kier molecular flexibility index (Phi) is 2.38. The second kappa shape index (κ2) is 3.85. The normalized spacial score (nSPS) is 9.64. The Morgan fingerprint density at radius 2 is 2.36 bits per heavy atom. The van der Waals surface area contributed by atoms with Gasteiger partial charge in [0, 0.05) is 6.20 Å². The zero-order valence-electron chi connectivity index (χ0n) is 6.88. The van der Waals surface area contributed by atoms with E-state index in [1.807, 2.05) is 6.07 Å². The lowest BCUT2D eigenvalue weighted by Gasteiger charge is -1.94. The number of aromatic amines is 1. The molecule has 2 aromatic heterocycles. The first-order valence-electron chi connectivity index (χ1n) is 3.65. The monoisotopic (exact) mass is 204 g/mol. The molecule has 7 heteroatoms. The molecular formula is C7H4N6S. The third-order valence-corrected chi connectivity index (χ3v) is 2.15. The Balaban J connectivity index is 2.22. The van der Waals surface area contributed by atoms with Crippen LogP contribution < -0.4 is 0 Å². The van der Waals surface area contributed by atoms with Gasteiger partial charge in [-0.25, -0.2) is 15.0 Å². The Morgan fingerprint density at radius 1 is 1.43 bits per heavy atom. The van der Waals surface area contributed by atoms with Crippen LogP contribution in [-0.2, 0) is 0 Å². The standard InChI is InChI=1S/C7H4N6S/c8-3-5-9-2-1-6(12-5)14-7-10-4-11-13-7/h1-2,4H,(H,10,11,13). The fourth-order valence-electron chi connectivity index (χ4n) is 0.795. The molecule has 2 heterocycles. The van der Waals surface area contributed by atoms with Crippen molar-refractivity contribution in [1.82, 2.24) is 25.1 Å². The molecule has 68 valence electrons. The Hall–Kier alpha value is -1.94. The predicted molar refractivity (Wildman–Crippen MR) is 47.3 cm³/mol. The maximum Gasteiger partial charge on any atom is 0.233 e. The smallest absolute Gasteiger partial charge is 0.233 e. The number of hydrogen-bond acceptors (Lipinski definition) is 6. The van der Waals surface area contributed by atoms with E-state index in [0.717, 1.165) is 0 Å². The fraction of sp³-hybridized carbons (Fsp3) is 0. The number of nitriles is 1. The van der Waals surface area contributed by atoms with E-state index in [9.17, 15) is 0 Å². The number of rotatable bonds is 2. The van der Waals surface area contributed by atoms with Crippen molar-refractivity contribution in [1.29, 1.82) is 5.26 Å². The molecule has 0 aliphatic carbocycles. The highest BCUT2D eigenvalue weighted by Crippen LogP contribution is 2.20. The zero-order chi connectivity index (χ0) is 9.80. The van der Waals surface area contributed by atoms with Gasteiger partial charge in [0.25, 0.3) is 0 Å². The third kappa shape index (κ3) is 1.86. The Labute approximate surface area is 83.4 Å². The molecule has 0 spiro atoms. The van der Waals surface area contributed by atoms with Crippen LogP contribution in [0.1, 0.15) is 5.82 Å². The summed E-state index contributed by atoms with van der Waals surface area (Å²) in [6.45, 7) is 0. The van der Waals surface area contributed by atoms with E-state index in [0.29, 0.717) is 10.2 Å². The van der Waals surface area contributed by atoms with Crippen molar-refractivity contribution < 1.29 is 0 Å². The van der Waals surface area contributed by atoms with Crippen LogP contribution in [0.2, 0.25) is 0 Å². The van der Waals surface area contributed by atoms with Crippen LogP contribution in [0.15, 0.2) is 28.8 Å². The van der Waals surface area contributed by atoms with Crippen LogP contribution in [0.3, 0.4) is 0 Å². The molecule has 0 atom stereocenters. The first-order chi connectivity index (χ1) is 6.88. The molecule has 0 unspecified atom stereocenters. The molecular weight excluding hydrogens is 200 g/mol. The molecule has 0 saturated heterocycles. The molecule has 0 fully saturated rings. The molecule has 0 aliphatic rings. The molecule has 6 nitrogen and oxygen atoms in total. The lowest BCUT2D eigenvalue weighted by Crippen LogP contribution is -1.89. The lowest BCUT2D eigenvalue weighted by atomic mass is 10.6. The van der Waals surface area contributed by atoms with Gasteiger partial charge in [0.1, 0.15) is 17.4 Å². The van der Waals surface area contributed by atoms with Gasteiger partial charge >= 0.3 is 0 Å². The second-order valence-electron chi connectivity index (χ2n) is 2.22. The second-order valence-corrected chi connectivity index (χ2v) is 3.23. The summed E-state index contributed by atoms with van der Waals surface area (Å²) in [5.41, 5.74) is 0. The summed E-state index contributed by atoms with van der Waals surface area (Å²) in [5.74, 6) is 0.148. The molecule has 0 radical (unpaired) electrons. The molecule has 14 heavy (non-hydrogen) atoms. The molecule has 0 saturated carbocycles. The van der Waals surface area contributed by atoms with Crippen molar-refractivity contribution in [2.24, 2.45) is 0 Å². The summed E-state index contributed by atoms with van der Waals surface area (Å²) >= 11 is 1.29. The van der Waals surface area contributed by atoms with Gasteiger partial charge in [-0.15, -0.1) is 0 Å². The summed E-state index contributed by atoms with van der Waals surface area (Å²) in [7, 11) is 0. The van der Waals surface area contributed by atoms with Crippen molar-refractivity contribution >= 4 is 11.8 Å². The van der Waals surface area contributed by atoms with Crippen LogP contribution >= 0.6 is 11.8 Å². The van der Waals surface area contributed by atoms with Crippen LogP contribution in [0.5, 0.6) is 0 Å². The first-order valence-corrected chi connectivity index (χ1v) is 4.46. The summed E-state index contributed by atoms with van der Waals surface area (Å²) in [4.78, 5) is 11.6. The number of hydrogen-bond donors (Lipinski definition) is 1. The number of H-pyrrole nitrogens is 1. The molecule has 2 rings (SSSR count). The number of aromatic nitrogens is 5. The van der Waals surface area contributed by atoms with E-state index < -0.39 is 0 Å². The van der Waals surface area contributed by atoms with E-state index in [-0.39, 0.29) is 5.82 Å². The van der Waals surface area contributed by atoms with Crippen LogP contribution in [0, 0.1) is 11.3 Å². The van der Waals surface area contributed by atoms with Gasteiger partial charge in [-0.3, -0.25) is 5.10 Å². The Bertz CT molecular complexity index is 459. The van der Waals surface area contributed by atoms with Gasteiger partial charge in [0.15, 0.2) is 5.16 Å². The van der Waals surface area contributed by atoms with E-state index in [1.165, 1.54) is 24.3 Å². The third-order valence-electron chi connectivity index (χ3n) is 1.32. The molecule has 2 aromatic rings. The molecule has 0 bridgehead atoms. The van der Waals surface area contributed by atoms with Gasteiger partial charge < -0.3 is 0 Å². The highest BCUT2D eigenvalue weighted by Gasteiger charge is 2.02. The van der Waals surface area contributed by atoms with Crippen molar-refractivity contribution in [3.63, 3.8) is 0 Å². The quantitative estimate of drug-likeness (QED) is 0.721. The van der Waals surface area contributed by atoms with Gasteiger partial charge in [-0.05, 0) is 17.8 Å². The predicted octanol–water partition coefficient (Wildman–Crippen LogP) is 0.618. The Morgan fingerprint density at radius 3 is 3.07 bits per heavy atom. The SMILES string of the molecule is N#Cc1nccc(Sc2ncn[nH]2)n1. The maximum absolute atomic E-state index is 8.57. The van der Waals surface area contributed by atoms with E-state index in [4.69, 9.17) is 5.26 Å². The van der Waals surface area contributed by atoms with Crippen molar-refractivity contribution in [2.45, 2.75) is 10.2 Å². The minimum atomic E-state index is 0.148. The first kappa shape index (κ1) is 8.65. The highest BCUT2D eigenvalue weighted by atomic mass is 32.2. The van der Waals surface area contributed by atoms with E-state index >= 15 is 0 Å². The van der Waals surface area contributed by atoms with Crippen molar-refractivity contribution in [3.8, 4) is 6.07 Å². The summed E-state index contributed by atoms with van der Waals surface area (Å²) < 4.78 is 0. The van der Waals surface area contributed by atoms with Crippen LogP contribution in [0.4, 0.5) is 0 Å². The largest absolute Gasteiger partial charge is 0.254 e. The van der Waals surface area contributed by atoms with E-state index in [1.54, 1.807) is 6.07 Å². The molecule has 1 N–H and O–H groups in total. The number of nitrogens with one attached hydrogen (secondary N) is 1. The summed E-state index contributed by atoms with van der Waals surface area (Å²) in [5, 5.41) is 16.2. The van der Waals surface area contributed by atoms with Crippen molar-refractivity contribution in [3.05, 3.63) is 24.4 Å². The topological polar surface area (TPSA) is 91.1 Å². The van der Waals surface area contributed by atoms with Gasteiger partial charge in [-0.2, -0.15) is 10.4 Å². The van der Waals surface area contributed by atoms with E-state index in [2.05, 4.69) is 25.1 Å². The zero-order valence-corrected chi connectivity index (χ0v) is 7.69. The molecule has 0 amide bonds. The highest BCUT2D eigenvalue weighted by molar-refractivity contribution is 7.99. The number of nitrogens with zero attached hydrogens (tertiary/aromatic N) is 5. The minimum Gasteiger partial charge on any atom is -0.254 e. The van der Waals surface area contributed by atoms with Crippen molar-refractivity contribution in [2.75, 3.05) is 0 Å². The average molecular weight is 204 g/mol. The fourth-order valence-corrected chi connectivity index (χ4v) is 1.45. The maximum atomic E-state index is 8.57. The minimum absolute atomic E-state index is 0.148. The van der Waals surface area contributed by atoms with Gasteiger partial charge in [0.05, 0.1) is 0 Å². The van der Waals surface area contributed by atoms with Crippen LogP contribution in [-0.4, -0.2) is 25.1 Å². The van der Waals surface area contributed by atoms with Gasteiger partial charge in [-0.1, -0.05) is 0 Å². The molecule has 0 aliphatic heterocycles. The molecule has 0 aromatic carbocycles. The average Bonchev–Trinajstić information content (AvgIpc) is 2.71. The lowest BCUT2D eigenvalue weighted by molar-refractivity contribution is 0.957. The summed E-state index contributed by atoms with van der Waals surface area (Å²) in [6, 6.07) is 3.57. The summed E-state index contributed by atoms with van der Waals surface area (Å²) in [6.07, 6.45) is 2.94. The van der Waals surface area contributed by atoms with Crippen LogP contribution in [0.25, 0.3) is 0 Å².